The van der Waals surface area contributed by atoms with Crippen LogP contribution in [0.4, 0.5) is 0 Å². The zero-order valence-electron chi connectivity index (χ0n) is 15.0. The standard InChI is InChI=1S/C19H28N4O2/c1-15(24)22-10-6-18(7-11-22)23-9-3-5-17(14-23)19(25)21-13-16-4-2-8-20-12-16/h2,4,8,12,17-18H,3,5-7,9-11,13-14H2,1H3,(H,21,25). The Hall–Kier alpha value is -1.95. The van der Waals surface area contributed by atoms with Crippen molar-refractivity contribution < 1.29 is 9.59 Å². The van der Waals surface area contributed by atoms with Gasteiger partial charge in [0.2, 0.25) is 11.8 Å². The van der Waals surface area contributed by atoms with E-state index in [-0.39, 0.29) is 17.7 Å². The van der Waals surface area contributed by atoms with Crippen molar-refractivity contribution in [3.05, 3.63) is 30.1 Å². The maximum absolute atomic E-state index is 12.5. The minimum atomic E-state index is 0.0660. The van der Waals surface area contributed by atoms with E-state index in [1.807, 2.05) is 17.0 Å². The number of hydrogen-bond acceptors (Lipinski definition) is 4. The van der Waals surface area contributed by atoms with Gasteiger partial charge in [-0.2, -0.15) is 0 Å². The van der Waals surface area contributed by atoms with Crippen LogP contribution in [-0.2, 0) is 16.1 Å². The fourth-order valence-electron chi connectivity index (χ4n) is 3.93. The molecule has 2 amide bonds. The van der Waals surface area contributed by atoms with Crippen molar-refractivity contribution in [2.75, 3.05) is 26.2 Å². The first-order chi connectivity index (χ1) is 12.1. The number of likely N-dealkylation sites (tertiary alicyclic amines) is 2. The second-order valence-corrected chi connectivity index (χ2v) is 7.15. The molecule has 2 saturated heterocycles. The largest absolute Gasteiger partial charge is 0.352 e. The van der Waals surface area contributed by atoms with Gasteiger partial charge in [-0.15, -0.1) is 0 Å². The lowest BCUT2D eigenvalue weighted by Gasteiger charge is -2.41. The minimum absolute atomic E-state index is 0.0660. The highest BCUT2D eigenvalue weighted by molar-refractivity contribution is 5.79. The molecule has 136 valence electrons. The van der Waals surface area contributed by atoms with Crippen molar-refractivity contribution >= 4 is 11.8 Å². The molecule has 1 atom stereocenters. The number of aromatic nitrogens is 1. The van der Waals surface area contributed by atoms with Crippen LogP contribution in [0.25, 0.3) is 0 Å². The quantitative estimate of drug-likeness (QED) is 0.897. The van der Waals surface area contributed by atoms with E-state index in [4.69, 9.17) is 0 Å². The van der Waals surface area contributed by atoms with Crippen molar-refractivity contribution in [2.45, 2.75) is 45.2 Å². The van der Waals surface area contributed by atoms with Crippen LogP contribution in [0.2, 0.25) is 0 Å². The normalized spacial score (nSPS) is 22.6. The molecule has 2 aliphatic rings. The second kappa shape index (κ2) is 8.43. The van der Waals surface area contributed by atoms with Crippen LogP contribution in [0.15, 0.2) is 24.5 Å². The van der Waals surface area contributed by atoms with Gasteiger partial charge in [-0.05, 0) is 43.9 Å². The van der Waals surface area contributed by atoms with Gasteiger partial charge in [-0.1, -0.05) is 6.07 Å². The summed E-state index contributed by atoms with van der Waals surface area (Å²) in [5.41, 5.74) is 1.03. The van der Waals surface area contributed by atoms with Crippen LogP contribution in [0.5, 0.6) is 0 Å². The Kier molecular flexibility index (Phi) is 6.02. The summed E-state index contributed by atoms with van der Waals surface area (Å²) >= 11 is 0. The van der Waals surface area contributed by atoms with Gasteiger partial charge in [-0.3, -0.25) is 19.5 Å². The monoisotopic (exact) mass is 344 g/mol. The highest BCUT2D eigenvalue weighted by atomic mass is 16.2. The summed E-state index contributed by atoms with van der Waals surface area (Å²) in [5, 5.41) is 3.06. The number of amides is 2. The van der Waals surface area contributed by atoms with E-state index in [1.54, 1.807) is 19.3 Å². The van der Waals surface area contributed by atoms with Gasteiger partial charge >= 0.3 is 0 Å². The first-order valence-electron chi connectivity index (χ1n) is 9.29. The third kappa shape index (κ3) is 4.78. The van der Waals surface area contributed by atoms with E-state index >= 15 is 0 Å². The summed E-state index contributed by atoms with van der Waals surface area (Å²) in [5.74, 6) is 0.385. The number of nitrogens with one attached hydrogen (secondary N) is 1. The molecule has 3 heterocycles. The molecular weight excluding hydrogens is 316 g/mol. The van der Waals surface area contributed by atoms with Gasteiger partial charge in [0.15, 0.2) is 0 Å². The van der Waals surface area contributed by atoms with Crippen molar-refractivity contribution in [3.63, 3.8) is 0 Å². The average Bonchev–Trinajstić information content (AvgIpc) is 2.67. The first kappa shape index (κ1) is 17.9. The third-order valence-corrected chi connectivity index (χ3v) is 5.44. The SMILES string of the molecule is CC(=O)N1CCC(N2CCCC(C(=O)NCc3cccnc3)C2)CC1. The lowest BCUT2D eigenvalue weighted by Crippen LogP contribution is -2.51. The highest BCUT2D eigenvalue weighted by Crippen LogP contribution is 2.24. The zero-order valence-corrected chi connectivity index (χ0v) is 15.0. The van der Waals surface area contributed by atoms with E-state index in [2.05, 4.69) is 15.2 Å². The van der Waals surface area contributed by atoms with E-state index in [9.17, 15) is 9.59 Å². The molecule has 0 bridgehead atoms. The Bertz CT molecular complexity index is 584. The molecule has 25 heavy (non-hydrogen) atoms. The molecular formula is C19H28N4O2. The van der Waals surface area contributed by atoms with Crippen LogP contribution in [0.3, 0.4) is 0 Å². The van der Waals surface area contributed by atoms with Gasteiger partial charge < -0.3 is 10.2 Å². The van der Waals surface area contributed by atoms with E-state index in [1.165, 1.54) is 0 Å². The smallest absolute Gasteiger partial charge is 0.224 e. The molecule has 2 aliphatic heterocycles. The zero-order chi connectivity index (χ0) is 17.6. The Morgan fingerprint density at radius 3 is 2.72 bits per heavy atom. The lowest BCUT2D eigenvalue weighted by atomic mass is 9.93. The summed E-state index contributed by atoms with van der Waals surface area (Å²) < 4.78 is 0. The van der Waals surface area contributed by atoms with Crippen molar-refractivity contribution in [3.8, 4) is 0 Å². The average molecular weight is 344 g/mol. The van der Waals surface area contributed by atoms with E-state index in [0.717, 1.165) is 57.4 Å². The predicted octanol–water partition coefficient (Wildman–Crippen LogP) is 1.42. The number of pyridine rings is 1. The summed E-state index contributed by atoms with van der Waals surface area (Å²) in [4.78, 5) is 32.5. The van der Waals surface area contributed by atoms with Gasteiger partial charge in [0.25, 0.3) is 0 Å². The lowest BCUT2D eigenvalue weighted by molar-refractivity contribution is -0.130. The summed E-state index contributed by atoms with van der Waals surface area (Å²) in [6, 6.07) is 4.37. The summed E-state index contributed by atoms with van der Waals surface area (Å²) in [7, 11) is 0. The molecule has 0 aromatic carbocycles. The molecule has 1 N–H and O–H groups in total. The second-order valence-electron chi connectivity index (χ2n) is 7.15. The number of hydrogen-bond donors (Lipinski definition) is 1. The predicted molar refractivity (Wildman–Crippen MR) is 95.7 cm³/mol. The first-order valence-corrected chi connectivity index (χ1v) is 9.29. The molecule has 6 heteroatoms. The maximum atomic E-state index is 12.5. The van der Waals surface area contributed by atoms with Crippen molar-refractivity contribution in [2.24, 2.45) is 5.92 Å². The molecule has 3 rings (SSSR count). The van der Waals surface area contributed by atoms with Crippen LogP contribution < -0.4 is 5.32 Å². The minimum Gasteiger partial charge on any atom is -0.352 e. The Balaban J connectivity index is 1.47. The Morgan fingerprint density at radius 2 is 2.04 bits per heavy atom. The van der Waals surface area contributed by atoms with Crippen LogP contribution in [0, 0.1) is 5.92 Å². The number of nitrogens with zero attached hydrogens (tertiary/aromatic N) is 3. The molecule has 6 nitrogen and oxygen atoms in total. The van der Waals surface area contributed by atoms with E-state index < -0.39 is 0 Å². The number of carbonyl (C=O) groups is 2. The molecule has 0 saturated carbocycles. The molecule has 1 aromatic heterocycles. The van der Waals surface area contributed by atoms with Gasteiger partial charge in [0, 0.05) is 51.5 Å². The van der Waals surface area contributed by atoms with Crippen LogP contribution in [-0.4, -0.2) is 58.8 Å². The maximum Gasteiger partial charge on any atom is 0.224 e. The molecule has 0 radical (unpaired) electrons. The molecule has 1 aromatic rings. The van der Waals surface area contributed by atoms with Gasteiger partial charge in [0.05, 0.1) is 5.92 Å². The summed E-state index contributed by atoms with van der Waals surface area (Å²) in [6.07, 6.45) is 7.59. The van der Waals surface area contributed by atoms with Crippen molar-refractivity contribution in [1.29, 1.82) is 0 Å². The molecule has 2 fully saturated rings. The topological polar surface area (TPSA) is 65.5 Å². The molecule has 0 aliphatic carbocycles. The fourth-order valence-corrected chi connectivity index (χ4v) is 3.93. The van der Waals surface area contributed by atoms with Gasteiger partial charge in [-0.25, -0.2) is 0 Å². The number of rotatable bonds is 4. The Labute approximate surface area is 149 Å². The van der Waals surface area contributed by atoms with Gasteiger partial charge in [0.1, 0.15) is 0 Å². The Morgan fingerprint density at radius 1 is 1.24 bits per heavy atom. The third-order valence-electron chi connectivity index (χ3n) is 5.44. The molecule has 0 spiro atoms. The van der Waals surface area contributed by atoms with E-state index in [0.29, 0.717) is 12.6 Å². The van der Waals surface area contributed by atoms with Crippen LogP contribution >= 0.6 is 0 Å². The highest BCUT2D eigenvalue weighted by Gasteiger charge is 2.31. The number of carbonyl (C=O) groups excluding carboxylic acids is 2. The van der Waals surface area contributed by atoms with Crippen molar-refractivity contribution in [1.82, 2.24) is 20.1 Å². The molecule has 1 unspecified atom stereocenters. The summed E-state index contributed by atoms with van der Waals surface area (Å²) in [6.45, 7) is 5.77. The van der Waals surface area contributed by atoms with Crippen LogP contribution in [0.1, 0.15) is 38.2 Å². The number of piperidine rings is 2. The fraction of sp³-hybridized carbons (Fsp3) is 0.632.